The van der Waals surface area contributed by atoms with E-state index >= 15 is 0 Å². The molecular formula is C9H11NOS. The summed E-state index contributed by atoms with van der Waals surface area (Å²) in [6.45, 7) is 1.85. The summed E-state index contributed by atoms with van der Waals surface area (Å²) in [5, 5.41) is 0. The topological polar surface area (TPSA) is 29.1 Å². The lowest BCUT2D eigenvalue weighted by molar-refractivity contribution is -0.120. The lowest BCUT2D eigenvalue weighted by Crippen LogP contribution is -2.19. The van der Waals surface area contributed by atoms with Gasteiger partial charge in [-0.1, -0.05) is 43.1 Å². The Kier molecular flexibility index (Phi) is 3.17. The molecule has 0 radical (unpaired) electrons. The molecule has 0 bridgehead atoms. The van der Waals surface area contributed by atoms with Crippen molar-refractivity contribution in [2.45, 2.75) is 12.8 Å². The summed E-state index contributed by atoms with van der Waals surface area (Å²) in [4.78, 5) is 11.1. The van der Waals surface area contributed by atoms with Crippen molar-refractivity contribution in [1.82, 2.24) is 4.72 Å². The van der Waals surface area contributed by atoms with Crippen molar-refractivity contribution in [2.24, 2.45) is 0 Å². The highest BCUT2D eigenvalue weighted by atomic mass is 32.1. The molecule has 1 aromatic rings. The van der Waals surface area contributed by atoms with Gasteiger partial charge in [-0.25, -0.2) is 0 Å². The van der Waals surface area contributed by atoms with E-state index in [1.54, 1.807) is 0 Å². The van der Waals surface area contributed by atoms with Crippen LogP contribution in [-0.4, -0.2) is 5.91 Å². The quantitative estimate of drug-likeness (QED) is 0.669. The molecule has 1 aromatic carbocycles. The maximum Gasteiger partial charge on any atom is 0.236 e. The van der Waals surface area contributed by atoms with Crippen LogP contribution in [-0.2, 0) is 4.79 Å². The number of nitrogens with one attached hydrogen (secondary N) is 1. The predicted molar refractivity (Wildman–Crippen MR) is 52.0 cm³/mol. The maximum atomic E-state index is 11.1. The van der Waals surface area contributed by atoms with Gasteiger partial charge in [-0.05, 0) is 12.5 Å². The Morgan fingerprint density at radius 3 is 2.50 bits per heavy atom. The van der Waals surface area contributed by atoms with E-state index in [9.17, 15) is 4.79 Å². The Hall–Kier alpha value is -0.960. The second-order valence-electron chi connectivity index (χ2n) is 2.61. The van der Waals surface area contributed by atoms with Crippen LogP contribution in [0, 0.1) is 0 Å². The third-order valence-corrected chi connectivity index (χ3v) is 2.02. The van der Waals surface area contributed by atoms with Gasteiger partial charge in [-0.3, -0.25) is 4.79 Å². The number of hydrogen-bond acceptors (Lipinski definition) is 2. The Balaban J connectivity index is 2.78. The summed E-state index contributed by atoms with van der Waals surface area (Å²) >= 11 is 3.71. The van der Waals surface area contributed by atoms with Crippen molar-refractivity contribution in [3.63, 3.8) is 0 Å². The first-order chi connectivity index (χ1) is 5.75. The van der Waals surface area contributed by atoms with Crippen LogP contribution in [0.3, 0.4) is 0 Å². The van der Waals surface area contributed by atoms with Crippen LogP contribution >= 0.6 is 12.8 Å². The van der Waals surface area contributed by atoms with E-state index in [0.29, 0.717) is 0 Å². The van der Waals surface area contributed by atoms with Crippen molar-refractivity contribution in [1.29, 1.82) is 0 Å². The van der Waals surface area contributed by atoms with Crippen molar-refractivity contribution in [3.05, 3.63) is 35.9 Å². The van der Waals surface area contributed by atoms with Crippen molar-refractivity contribution >= 4 is 18.7 Å². The molecule has 0 spiro atoms. The van der Waals surface area contributed by atoms with Gasteiger partial charge in [0, 0.05) is 0 Å². The molecular weight excluding hydrogens is 170 g/mol. The fourth-order valence-corrected chi connectivity index (χ4v) is 1.18. The highest BCUT2D eigenvalue weighted by Crippen LogP contribution is 2.14. The highest BCUT2D eigenvalue weighted by Gasteiger charge is 2.12. The average molecular weight is 181 g/mol. The second kappa shape index (κ2) is 4.16. The first kappa shape index (κ1) is 9.13. The monoisotopic (exact) mass is 181 g/mol. The summed E-state index contributed by atoms with van der Waals surface area (Å²) in [5.74, 6) is -0.215. The Bertz CT molecular complexity index is 260. The molecule has 12 heavy (non-hydrogen) atoms. The molecule has 0 aliphatic heterocycles. The zero-order chi connectivity index (χ0) is 8.97. The van der Waals surface area contributed by atoms with Gasteiger partial charge in [-0.15, -0.1) is 0 Å². The minimum Gasteiger partial charge on any atom is -0.302 e. The van der Waals surface area contributed by atoms with E-state index in [0.717, 1.165) is 5.56 Å². The van der Waals surface area contributed by atoms with E-state index in [2.05, 4.69) is 17.5 Å². The Labute approximate surface area is 77.5 Å². The van der Waals surface area contributed by atoms with Crippen LogP contribution in [0.1, 0.15) is 18.4 Å². The smallest absolute Gasteiger partial charge is 0.236 e. The van der Waals surface area contributed by atoms with E-state index in [1.165, 1.54) is 0 Å². The first-order valence-electron chi connectivity index (χ1n) is 3.74. The molecule has 64 valence electrons. The van der Waals surface area contributed by atoms with Gasteiger partial charge >= 0.3 is 0 Å². The molecule has 0 saturated carbocycles. The van der Waals surface area contributed by atoms with Crippen LogP contribution in [0.5, 0.6) is 0 Å². The molecule has 1 atom stereocenters. The van der Waals surface area contributed by atoms with Crippen LogP contribution < -0.4 is 4.72 Å². The van der Waals surface area contributed by atoms with E-state index in [4.69, 9.17) is 0 Å². The van der Waals surface area contributed by atoms with E-state index < -0.39 is 0 Å². The highest BCUT2D eigenvalue weighted by molar-refractivity contribution is 7.78. The van der Waals surface area contributed by atoms with Crippen LogP contribution in [0.4, 0.5) is 0 Å². The summed E-state index contributed by atoms with van der Waals surface area (Å²) in [6.07, 6.45) is 0. The van der Waals surface area contributed by atoms with Gasteiger partial charge in [0.2, 0.25) is 5.91 Å². The average Bonchev–Trinajstić information content (AvgIpc) is 2.17. The van der Waals surface area contributed by atoms with Gasteiger partial charge in [-0.2, -0.15) is 0 Å². The molecule has 0 aliphatic rings. The number of thiol groups is 1. The summed E-state index contributed by atoms with van der Waals surface area (Å²) in [7, 11) is 0. The molecule has 0 aromatic heterocycles. The Morgan fingerprint density at radius 1 is 1.42 bits per heavy atom. The van der Waals surface area contributed by atoms with Crippen molar-refractivity contribution < 1.29 is 4.79 Å². The normalized spacial score (nSPS) is 12.2. The standard InChI is InChI=1S/C9H11NOS/c1-7(9(11)10-12)8-5-3-2-4-6-8/h2-7,12H,1H3,(H,10,11). The molecule has 1 amide bonds. The molecule has 1 unspecified atom stereocenters. The second-order valence-corrected chi connectivity index (χ2v) is 2.83. The predicted octanol–water partition coefficient (Wildman–Crippen LogP) is 1.75. The van der Waals surface area contributed by atoms with Gasteiger partial charge in [0.05, 0.1) is 5.92 Å². The van der Waals surface area contributed by atoms with Crippen molar-refractivity contribution in [3.8, 4) is 0 Å². The Morgan fingerprint density at radius 2 is 2.00 bits per heavy atom. The van der Waals surface area contributed by atoms with Crippen LogP contribution in [0.25, 0.3) is 0 Å². The lowest BCUT2D eigenvalue weighted by atomic mass is 10.0. The molecule has 0 aliphatic carbocycles. The van der Waals surface area contributed by atoms with Gasteiger partial charge in [0.25, 0.3) is 0 Å². The van der Waals surface area contributed by atoms with Gasteiger partial charge in [0.1, 0.15) is 0 Å². The number of benzene rings is 1. The fourth-order valence-electron chi connectivity index (χ4n) is 0.990. The summed E-state index contributed by atoms with van der Waals surface area (Å²) in [5.41, 5.74) is 1.00. The van der Waals surface area contributed by atoms with Crippen LogP contribution in [0.2, 0.25) is 0 Å². The lowest BCUT2D eigenvalue weighted by Gasteiger charge is -2.08. The molecule has 0 heterocycles. The van der Waals surface area contributed by atoms with Gasteiger partial charge in [0.15, 0.2) is 0 Å². The van der Waals surface area contributed by atoms with Crippen LogP contribution in [0.15, 0.2) is 30.3 Å². The first-order valence-corrected chi connectivity index (χ1v) is 4.19. The number of carbonyl (C=O) groups excluding carboxylic acids is 1. The zero-order valence-electron chi connectivity index (χ0n) is 6.82. The molecule has 1 rings (SSSR count). The number of amides is 1. The molecule has 2 nitrogen and oxygen atoms in total. The summed E-state index contributed by atoms with van der Waals surface area (Å²) in [6, 6.07) is 9.60. The number of carbonyl (C=O) groups is 1. The maximum absolute atomic E-state index is 11.1. The third-order valence-electron chi connectivity index (χ3n) is 1.80. The zero-order valence-corrected chi connectivity index (χ0v) is 7.71. The van der Waals surface area contributed by atoms with Gasteiger partial charge < -0.3 is 4.72 Å². The fraction of sp³-hybridized carbons (Fsp3) is 0.222. The van der Waals surface area contributed by atoms with Crippen molar-refractivity contribution in [2.75, 3.05) is 0 Å². The number of hydrogen-bond donors (Lipinski definition) is 2. The summed E-state index contributed by atoms with van der Waals surface area (Å²) < 4.78 is 2.32. The molecule has 1 N–H and O–H groups in total. The molecule has 0 saturated heterocycles. The minimum absolute atomic E-state index is 0.0791. The SMILES string of the molecule is CC(C(=O)NS)c1ccccc1. The van der Waals surface area contributed by atoms with E-state index in [1.807, 2.05) is 37.3 Å². The third kappa shape index (κ3) is 2.01. The minimum atomic E-state index is -0.135. The molecule has 3 heteroatoms. The molecule has 0 fully saturated rings. The number of rotatable bonds is 2. The largest absolute Gasteiger partial charge is 0.302 e. The van der Waals surface area contributed by atoms with E-state index in [-0.39, 0.29) is 11.8 Å².